The minimum absolute atomic E-state index is 0.0695. The third kappa shape index (κ3) is 6.57. The van der Waals surface area contributed by atoms with Crippen molar-refractivity contribution in [2.45, 2.75) is 19.9 Å². The summed E-state index contributed by atoms with van der Waals surface area (Å²) in [5, 5.41) is 2.56. The first-order valence-corrected chi connectivity index (χ1v) is 3.30. The number of rotatable bonds is 3. The molecule has 3 N–H and O–H groups in total. The molecule has 0 aromatic rings. The van der Waals surface area contributed by atoms with Crippen molar-refractivity contribution >= 4 is 11.8 Å². The van der Waals surface area contributed by atoms with Gasteiger partial charge in [-0.25, -0.2) is 0 Å². The Morgan fingerprint density at radius 1 is 1.36 bits per heavy atom. The molecule has 0 atom stereocenters. The van der Waals surface area contributed by atoms with Gasteiger partial charge in [0.15, 0.2) is 0 Å². The summed E-state index contributed by atoms with van der Waals surface area (Å²) in [4.78, 5) is 20.9. The fraction of sp³-hybridized carbons (Fsp3) is 0.429. The van der Waals surface area contributed by atoms with Crippen LogP contribution in [-0.2, 0) is 9.59 Å². The highest BCUT2D eigenvalue weighted by Crippen LogP contribution is 1.78. The van der Waals surface area contributed by atoms with Gasteiger partial charge in [-0.2, -0.15) is 0 Å². The monoisotopic (exact) mass is 156 g/mol. The van der Waals surface area contributed by atoms with E-state index in [-0.39, 0.29) is 11.9 Å². The minimum Gasteiger partial charge on any atom is -0.366 e. The Balaban J connectivity index is 3.78. The van der Waals surface area contributed by atoms with Gasteiger partial charge >= 0.3 is 0 Å². The Bertz CT molecular complexity index is 185. The van der Waals surface area contributed by atoms with Gasteiger partial charge in [0.2, 0.25) is 11.8 Å². The number of primary amides is 1. The van der Waals surface area contributed by atoms with Crippen LogP contribution in [0.1, 0.15) is 13.8 Å². The second-order valence-electron chi connectivity index (χ2n) is 2.40. The molecule has 0 saturated heterocycles. The fourth-order valence-electron chi connectivity index (χ4n) is 0.490. The zero-order chi connectivity index (χ0) is 8.85. The lowest BCUT2D eigenvalue weighted by atomic mass is 10.3. The van der Waals surface area contributed by atoms with E-state index in [1.165, 1.54) is 0 Å². The number of amides is 2. The number of nitrogens with one attached hydrogen (secondary N) is 1. The lowest BCUT2D eigenvalue weighted by Gasteiger charge is -2.03. The Morgan fingerprint density at radius 2 is 1.91 bits per heavy atom. The molecule has 0 aliphatic heterocycles. The average molecular weight is 156 g/mol. The van der Waals surface area contributed by atoms with Crippen LogP contribution in [0, 0.1) is 0 Å². The van der Waals surface area contributed by atoms with Crippen LogP contribution >= 0.6 is 0 Å². The molecule has 4 nitrogen and oxygen atoms in total. The standard InChI is InChI=1S/C7H12N2O2/c1-5(2)9-7(11)4-3-6(8)10/h3-5H,1-2H3,(H2,8,10)(H,9,11)/b4-3+. The highest BCUT2D eigenvalue weighted by molar-refractivity contribution is 5.95. The van der Waals surface area contributed by atoms with Crippen molar-refractivity contribution in [2.24, 2.45) is 5.73 Å². The quantitative estimate of drug-likeness (QED) is 0.543. The van der Waals surface area contributed by atoms with E-state index in [1.54, 1.807) is 0 Å². The first-order chi connectivity index (χ1) is 5.02. The Hall–Kier alpha value is -1.32. The molecule has 0 aromatic carbocycles. The third-order valence-electron chi connectivity index (χ3n) is 0.830. The molecule has 0 aliphatic carbocycles. The van der Waals surface area contributed by atoms with Gasteiger partial charge in [-0.3, -0.25) is 9.59 Å². The maximum atomic E-state index is 10.8. The third-order valence-corrected chi connectivity index (χ3v) is 0.830. The number of nitrogens with two attached hydrogens (primary N) is 1. The molecule has 0 radical (unpaired) electrons. The SMILES string of the molecule is CC(C)NC(=O)/C=C/C(N)=O. The molecule has 0 spiro atoms. The van der Waals surface area contributed by atoms with Gasteiger partial charge in [0, 0.05) is 18.2 Å². The Labute approximate surface area is 65.5 Å². The number of carbonyl (C=O) groups excluding carboxylic acids is 2. The van der Waals surface area contributed by atoms with Crippen molar-refractivity contribution in [2.75, 3.05) is 0 Å². The summed E-state index contributed by atoms with van der Waals surface area (Å²) in [6.07, 6.45) is 2.14. The largest absolute Gasteiger partial charge is 0.366 e. The second-order valence-corrected chi connectivity index (χ2v) is 2.40. The number of carbonyl (C=O) groups is 2. The second kappa shape index (κ2) is 4.49. The maximum absolute atomic E-state index is 10.8. The summed E-state index contributed by atoms with van der Waals surface area (Å²) in [5.74, 6) is -0.928. The van der Waals surface area contributed by atoms with Crippen LogP contribution < -0.4 is 11.1 Å². The molecule has 2 amide bonds. The van der Waals surface area contributed by atoms with Gasteiger partial charge in [-0.1, -0.05) is 0 Å². The highest BCUT2D eigenvalue weighted by atomic mass is 16.2. The van der Waals surface area contributed by atoms with Gasteiger partial charge in [0.05, 0.1) is 0 Å². The number of hydrogen-bond acceptors (Lipinski definition) is 2. The molecular formula is C7H12N2O2. The lowest BCUT2D eigenvalue weighted by Crippen LogP contribution is -2.28. The summed E-state index contributed by atoms with van der Waals surface area (Å²) < 4.78 is 0. The van der Waals surface area contributed by atoms with E-state index in [0.29, 0.717) is 0 Å². The van der Waals surface area contributed by atoms with Crippen LogP contribution in [0.25, 0.3) is 0 Å². The zero-order valence-electron chi connectivity index (χ0n) is 6.63. The van der Waals surface area contributed by atoms with Gasteiger partial charge in [-0.05, 0) is 13.8 Å². The van der Waals surface area contributed by atoms with Crippen molar-refractivity contribution in [1.29, 1.82) is 0 Å². The Kier molecular flexibility index (Phi) is 3.95. The van der Waals surface area contributed by atoms with E-state index < -0.39 is 5.91 Å². The van der Waals surface area contributed by atoms with Crippen LogP contribution in [0.5, 0.6) is 0 Å². The van der Waals surface area contributed by atoms with Crippen LogP contribution in [0.4, 0.5) is 0 Å². The van der Waals surface area contributed by atoms with Gasteiger partial charge in [0.25, 0.3) is 0 Å². The summed E-state index contributed by atoms with van der Waals surface area (Å²) >= 11 is 0. The molecule has 11 heavy (non-hydrogen) atoms. The average Bonchev–Trinajstić information content (AvgIpc) is 1.82. The molecular weight excluding hydrogens is 144 g/mol. The van der Waals surface area contributed by atoms with E-state index in [1.807, 2.05) is 13.8 Å². The van der Waals surface area contributed by atoms with Gasteiger partial charge < -0.3 is 11.1 Å². The first kappa shape index (κ1) is 9.68. The molecule has 0 saturated carbocycles. The molecule has 62 valence electrons. The molecule has 0 unspecified atom stereocenters. The normalized spacial score (nSPS) is 10.5. The molecule has 4 heteroatoms. The van der Waals surface area contributed by atoms with Gasteiger partial charge in [0.1, 0.15) is 0 Å². The van der Waals surface area contributed by atoms with E-state index in [0.717, 1.165) is 12.2 Å². The molecule has 0 aromatic heterocycles. The van der Waals surface area contributed by atoms with Crippen molar-refractivity contribution in [3.63, 3.8) is 0 Å². The molecule has 0 fully saturated rings. The van der Waals surface area contributed by atoms with Crippen molar-refractivity contribution in [1.82, 2.24) is 5.32 Å². The molecule has 0 heterocycles. The number of hydrogen-bond donors (Lipinski definition) is 2. The Morgan fingerprint density at radius 3 is 2.27 bits per heavy atom. The summed E-state index contributed by atoms with van der Waals surface area (Å²) in [7, 11) is 0. The lowest BCUT2D eigenvalue weighted by molar-refractivity contribution is -0.118. The van der Waals surface area contributed by atoms with Crippen LogP contribution in [0.3, 0.4) is 0 Å². The fourth-order valence-corrected chi connectivity index (χ4v) is 0.490. The predicted molar refractivity (Wildman–Crippen MR) is 41.6 cm³/mol. The summed E-state index contributed by atoms with van der Waals surface area (Å²) in [6, 6.07) is 0.0695. The highest BCUT2D eigenvalue weighted by Gasteiger charge is 1.96. The smallest absolute Gasteiger partial charge is 0.244 e. The minimum atomic E-state index is -0.621. The van der Waals surface area contributed by atoms with Crippen molar-refractivity contribution in [3.8, 4) is 0 Å². The van der Waals surface area contributed by atoms with Gasteiger partial charge in [-0.15, -0.1) is 0 Å². The molecule has 0 aliphatic rings. The van der Waals surface area contributed by atoms with Crippen molar-refractivity contribution in [3.05, 3.63) is 12.2 Å². The molecule has 0 rings (SSSR count). The maximum Gasteiger partial charge on any atom is 0.244 e. The van der Waals surface area contributed by atoms with Crippen molar-refractivity contribution < 1.29 is 9.59 Å². The van der Waals surface area contributed by atoms with E-state index >= 15 is 0 Å². The predicted octanol–water partition coefficient (Wildman–Crippen LogP) is -0.448. The summed E-state index contributed by atoms with van der Waals surface area (Å²) in [6.45, 7) is 3.66. The zero-order valence-corrected chi connectivity index (χ0v) is 6.63. The van der Waals surface area contributed by atoms with E-state index in [2.05, 4.69) is 5.32 Å². The van der Waals surface area contributed by atoms with Crippen LogP contribution in [0.15, 0.2) is 12.2 Å². The van der Waals surface area contributed by atoms with Crippen LogP contribution in [-0.4, -0.2) is 17.9 Å². The topological polar surface area (TPSA) is 72.2 Å². The van der Waals surface area contributed by atoms with E-state index in [4.69, 9.17) is 5.73 Å². The summed E-state index contributed by atoms with van der Waals surface area (Å²) in [5.41, 5.74) is 4.77. The van der Waals surface area contributed by atoms with Crippen LogP contribution in [0.2, 0.25) is 0 Å². The first-order valence-electron chi connectivity index (χ1n) is 3.30. The molecule has 0 bridgehead atoms. The van der Waals surface area contributed by atoms with E-state index in [9.17, 15) is 9.59 Å².